The van der Waals surface area contributed by atoms with Gasteiger partial charge in [0.15, 0.2) is 0 Å². The monoisotopic (exact) mass is 208 g/mol. The molecule has 1 saturated carbocycles. The molecule has 0 N–H and O–H groups in total. The Morgan fingerprint density at radius 1 is 1.36 bits per heavy atom. The van der Waals surface area contributed by atoms with Gasteiger partial charge in [-0.3, -0.25) is 4.79 Å². The quantitative estimate of drug-likeness (QED) is 0.691. The summed E-state index contributed by atoms with van der Waals surface area (Å²) in [5.41, 5.74) is 2.23. The molecular weight excluding hydrogens is 196 g/mol. The lowest BCUT2D eigenvalue weighted by Crippen LogP contribution is -2.04. The molecule has 14 heavy (non-hydrogen) atoms. The molecule has 0 aromatic heterocycles. The van der Waals surface area contributed by atoms with E-state index in [1.54, 1.807) is 0 Å². The van der Waals surface area contributed by atoms with E-state index >= 15 is 0 Å². The first-order valence-electron chi connectivity index (χ1n) is 4.96. The van der Waals surface area contributed by atoms with E-state index in [-0.39, 0.29) is 5.92 Å². The molecule has 0 heterocycles. The molecule has 1 aliphatic carbocycles. The molecule has 1 nitrogen and oxygen atoms in total. The van der Waals surface area contributed by atoms with E-state index in [1.165, 1.54) is 0 Å². The van der Waals surface area contributed by atoms with Crippen LogP contribution in [0.4, 0.5) is 0 Å². The zero-order valence-corrected chi connectivity index (χ0v) is 8.97. The smallest absolute Gasteiger partial charge is 0.140 e. The summed E-state index contributed by atoms with van der Waals surface area (Å²) in [4.78, 5) is 11.6. The van der Waals surface area contributed by atoms with Gasteiger partial charge in [0.2, 0.25) is 0 Å². The van der Waals surface area contributed by atoms with Crippen LogP contribution >= 0.6 is 11.6 Å². The predicted octanol–water partition coefficient (Wildman–Crippen LogP) is 3.49. The number of halogens is 1. The Balaban J connectivity index is 2.35. The van der Waals surface area contributed by atoms with E-state index < -0.39 is 0 Å². The highest BCUT2D eigenvalue weighted by Gasteiger charge is 2.25. The highest BCUT2D eigenvalue weighted by Crippen LogP contribution is 2.32. The summed E-state index contributed by atoms with van der Waals surface area (Å²) in [6.45, 7) is 2.01. The second-order valence-corrected chi connectivity index (χ2v) is 4.41. The maximum Gasteiger partial charge on any atom is 0.140 e. The number of rotatable bonds is 1. The number of ketones is 1. The number of hydrogen-bond acceptors (Lipinski definition) is 1. The lowest BCUT2D eigenvalue weighted by atomic mass is 9.95. The van der Waals surface area contributed by atoms with Crippen LogP contribution in [0.5, 0.6) is 0 Å². The van der Waals surface area contributed by atoms with Crippen molar-refractivity contribution in [2.45, 2.75) is 32.1 Å². The van der Waals surface area contributed by atoms with E-state index in [2.05, 4.69) is 6.07 Å². The van der Waals surface area contributed by atoms with E-state index in [1.807, 2.05) is 19.1 Å². The average Bonchev–Trinajstić information content (AvgIpc) is 2.49. The fraction of sp³-hybridized carbons (Fsp3) is 0.417. The molecule has 1 aromatic carbocycles. The van der Waals surface area contributed by atoms with E-state index in [9.17, 15) is 4.79 Å². The highest BCUT2D eigenvalue weighted by molar-refractivity contribution is 6.30. The van der Waals surface area contributed by atoms with E-state index in [4.69, 9.17) is 11.6 Å². The first-order valence-corrected chi connectivity index (χ1v) is 5.34. The molecule has 1 aliphatic rings. The van der Waals surface area contributed by atoms with Gasteiger partial charge in [-0.1, -0.05) is 17.7 Å². The molecule has 1 unspecified atom stereocenters. The van der Waals surface area contributed by atoms with Crippen molar-refractivity contribution in [2.75, 3.05) is 0 Å². The van der Waals surface area contributed by atoms with Crippen LogP contribution in [0.3, 0.4) is 0 Å². The minimum Gasteiger partial charge on any atom is -0.299 e. The van der Waals surface area contributed by atoms with Crippen LogP contribution in [-0.2, 0) is 4.79 Å². The molecule has 74 valence electrons. The molecule has 0 bridgehead atoms. The van der Waals surface area contributed by atoms with Gasteiger partial charge in [-0.15, -0.1) is 0 Å². The van der Waals surface area contributed by atoms with Crippen LogP contribution in [0.15, 0.2) is 18.2 Å². The summed E-state index contributed by atoms with van der Waals surface area (Å²) in [5.74, 6) is 0.471. The Kier molecular flexibility index (Phi) is 2.60. The third-order valence-corrected chi connectivity index (χ3v) is 2.99. The topological polar surface area (TPSA) is 17.1 Å². The number of hydrogen-bond donors (Lipinski definition) is 0. The van der Waals surface area contributed by atoms with Gasteiger partial charge in [-0.2, -0.15) is 0 Å². The zero-order chi connectivity index (χ0) is 10.1. The Hall–Kier alpha value is -0.820. The summed E-state index contributed by atoms with van der Waals surface area (Å²) in [6.07, 6.45) is 2.74. The SMILES string of the molecule is Cc1cc(Cl)cc(C2CCCC2=O)c1. The Morgan fingerprint density at radius 3 is 2.71 bits per heavy atom. The van der Waals surface area contributed by atoms with Crippen molar-refractivity contribution >= 4 is 17.4 Å². The minimum atomic E-state index is 0.104. The van der Waals surface area contributed by atoms with Crippen molar-refractivity contribution in [2.24, 2.45) is 0 Å². The van der Waals surface area contributed by atoms with Crippen molar-refractivity contribution in [1.82, 2.24) is 0 Å². The van der Waals surface area contributed by atoms with Gasteiger partial charge in [0.25, 0.3) is 0 Å². The maximum absolute atomic E-state index is 11.6. The van der Waals surface area contributed by atoms with Gasteiger partial charge in [-0.25, -0.2) is 0 Å². The van der Waals surface area contributed by atoms with Crippen molar-refractivity contribution in [1.29, 1.82) is 0 Å². The first kappa shape index (κ1) is 9.72. The van der Waals surface area contributed by atoms with Gasteiger partial charge in [-0.05, 0) is 43.0 Å². The van der Waals surface area contributed by atoms with Crippen LogP contribution in [-0.4, -0.2) is 5.78 Å². The molecule has 0 saturated heterocycles. The van der Waals surface area contributed by atoms with Gasteiger partial charge < -0.3 is 0 Å². The fourth-order valence-electron chi connectivity index (χ4n) is 2.13. The first-order chi connectivity index (χ1) is 6.66. The third-order valence-electron chi connectivity index (χ3n) is 2.77. The van der Waals surface area contributed by atoms with Crippen molar-refractivity contribution in [3.05, 3.63) is 34.3 Å². The maximum atomic E-state index is 11.6. The number of carbonyl (C=O) groups is 1. The van der Waals surface area contributed by atoms with Gasteiger partial charge in [0.1, 0.15) is 5.78 Å². The average molecular weight is 209 g/mol. The highest BCUT2D eigenvalue weighted by atomic mass is 35.5. The molecule has 1 aromatic rings. The molecule has 2 heteroatoms. The Bertz CT molecular complexity index is 350. The standard InChI is InChI=1S/C12H13ClO/c1-8-5-9(7-10(13)6-8)11-3-2-4-12(11)14/h5-7,11H,2-4H2,1H3. The van der Waals surface area contributed by atoms with Crippen molar-refractivity contribution in [3.63, 3.8) is 0 Å². The summed E-state index contributed by atoms with van der Waals surface area (Å²) in [7, 11) is 0. The second kappa shape index (κ2) is 3.74. The van der Waals surface area contributed by atoms with E-state index in [0.717, 1.165) is 35.4 Å². The van der Waals surface area contributed by atoms with Crippen LogP contribution < -0.4 is 0 Å². The molecule has 0 amide bonds. The van der Waals surface area contributed by atoms with Gasteiger partial charge >= 0.3 is 0 Å². The summed E-state index contributed by atoms with van der Waals surface area (Å²) >= 11 is 5.96. The van der Waals surface area contributed by atoms with Crippen LogP contribution in [0.2, 0.25) is 5.02 Å². The number of carbonyl (C=O) groups excluding carboxylic acids is 1. The van der Waals surface area contributed by atoms with Crippen molar-refractivity contribution in [3.8, 4) is 0 Å². The van der Waals surface area contributed by atoms with Gasteiger partial charge in [0.05, 0.1) is 0 Å². The molecule has 2 rings (SSSR count). The predicted molar refractivity (Wildman–Crippen MR) is 57.8 cm³/mol. The largest absolute Gasteiger partial charge is 0.299 e. The molecule has 1 atom stereocenters. The molecule has 0 aliphatic heterocycles. The summed E-state index contributed by atoms with van der Waals surface area (Å²) in [6, 6.07) is 5.91. The molecule has 1 fully saturated rings. The third kappa shape index (κ3) is 1.83. The second-order valence-electron chi connectivity index (χ2n) is 3.97. The van der Waals surface area contributed by atoms with Crippen LogP contribution in [0.1, 0.15) is 36.3 Å². The van der Waals surface area contributed by atoms with E-state index in [0.29, 0.717) is 5.78 Å². The number of aryl methyl sites for hydroxylation is 1. The normalized spacial score (nSPS) is 21.6. The minimum absolute atomic E-state index is 0.104. The fourth-order valence-corrected chi connectivity index (χ4v) is 2.43. The van der Waals surface area contributed by atoms with Gasteiger partial charge in [0, 0.05) is 17.4 Å². The number of benzene rings is 1. The molecule has 0 spiro atoms. The summed E-state index contributed by atoms with van der Waals surface area (Å²) in [5, 5.41) is 0.736. The van der Waals surface area contributed by atoms with Crippen LogP contribution in [0.25, 0.3) is 0 Å². The Labute approximate surface area is 89.1 Å². The summed E-state index contributed by atoms with van der Waals surface area (Å²) < 4.78 is 0. The lowest BCUT2D eigenvalue weighted by Gasteiger charge is -2.09. The number of Topliss-reactive ketones (excluding diaryl/α,β-unsaturated/α-hetero) is 1. The Morgan fingerprint density at radius 2 is 2.14 bits per heavy atom. The zero-order valence-electron chi connectivity index (χ0n) is 8.22. The molecule has 0 radical (unpaired) electrons. The van der Waals surface area contributed by atoms with Crippen LogP contribution in [0, 0.1) is 6.92 Å². The lowest BCUT2D eigenvalue weighted by molar-refractivity contribution is -0.118. The van der Waals surface area contributed by atoms with Crippen molar-refractivity contribution < 1.29 is 4.79 Å². The molecular formula is C12H13ClO.